The van der Waals surface area contributed by atoms with Crippen molar-refractivity contribution in [2.45, 2.75) is 119 Å². The first-order valence-corrected chi connectivity index (χ1v) is 20.3. The van der Waals surface area contributed by atoms with Crippen LogP contribution >= 0.6 is 0 Å². The summed E-state index contributed by atoms with van der Waals surface area (Å²) in [6, 6.07) is 0. The van der Waals surface area contributed by atoms with Crippen LogP contribution in [0.15, 0.2) is 113 Å². The average Bonchev–Trinajstić information content (AvgIpc) is 3.85. The van der Waals surface area contributed by atoms with Crippen molar-refractivity contribution in [1.82, 2.24) is 4.98 Å². The number of aliphatic hydroxyl groups excluding tert-OH is 2. The molecule has 1 aromatic rings. The number of hydrogen-bond acceptors (Lipinski definition) is 7. The van der Waals surface area contributed by atoms with Crippen LogP contribution in [0.2, 0.25) is 0 Å². The lowest BCUT2D eigenvalue weighted by atomic mass is 9.95. The number of allylic oxidation sites excluding steroid dienone is 13. The van der Waals surface area contributed by atoms with Crippen LogP contribution in [-0.2, 0) is 16.0 Å². The van der Waals surface area contributed by atoms with E-state index in [1.54, 1.807) is 18.2 Å². The zero-order chi connectivity index (χ0) is 43.0. The zero-order valence-corrected chi connectivity index (χ0v) is 35.3. The number of H-pyrrole nitrogens is 1. The predicted octanol–water partition coefficient (Wildman–Crippen LogP) is 8.60. The topological polar surface area (TPSA) is 168 Å². The molecule has 10 heteroatoms. The Balaban J connectivity index is 1.58. The van der Waals surface area contributed by atoms with Crippen molar-refractivity contribution >= 4 is 47.5 Å². The number of aliphatic hydroxyl groups is 2. The number of aromatic nitrogens is 1. The molecule has 10 nitrogen and oxygen atoms in total. The molecule has 0 aliphatic carbocycles. The summed E-state index contributed by atoms with van der Waals surface area (Å²) < 4.78 is 0. The molecule has 0 spiro atoms. The summed E-state index contributed by atoms with van der Waals surface area (Å²) in [6.45, 7) is 14.2. The molecule has 5 rings (SSSR count). The Hall–Kier alpha value is -6.05. The highest BCUT2D eigenvalue weighted by Gasteiger charge is 2.29. The number of carboxylic acid groups (broad SMARTS) is 2. The number of hydrogen-bond donors (Lipinski definition) is 5. The molecule has 5 N–H and O–H groups in total. The molecule has 5 heterocycles. The monoisotopic (exact) mass is 796 g/mol. The van der Waals surface area contributed by atoms with E-state index in [0.29, 0.717) is 80.0 Å². The third kappa shape index (κ3) is 10.7. The molecule has 308 valence electrons. The largest absolute Gasteiger partial charge is 0.515 e. The van der Waals surface area contributed by atoms with Gasteiger partial charge in [-0.2, -0.15) is 0 Å². The number of aliphatic carboxylic acids is 2. The van der Waals surface area contributed by atoms with Gasteiger partial charge >= 0.3 is 11.9 Å². The van der Waals surface area contributed by atoms with Crippen LogP contribution in [0.1, 0.15) is 118 Å². The van der Waals surface area contributed by atoms with Gasteiger partial charge in [0, 0.05) is 29.3 Å². The van der Waals surface area contributed by atoms with E-state index in [1.807, 2.05) is 26.8 Å². The summed E-state index contributed by atoms with van der Waals surface area (Å²) in [7, 11) is 0. The standard InChI is InChI=1S/C49H56N4O6/c1-9-34-31(6)39-25-45-49(46(55)18-12-17-30(5)16-11-15-29(4)14-10-13-28(2)3)33(8)40(52-45)24-44-37(27-54)36(20-22-48(58)59)43(53-44)26-42-35(19-21-47(56)57)32(7)38(51-42)23-41(34)50-39/h1,13,15,17,23-27,46,53-55H,10-12,14,16,18-22H2,2-8H3,(H,56,57)(H,58,59)/b29-15+,30-17-,37-27?,41-23?,42-26?,44-24?,45-25?/t46-/m0/s1. The lowest BCUT2D eigenvalue weighted by Gasteiger charge is -2.14. The van der Waals surface area contributed by atoms with Crippen molar-refractivity contribution in [2.75, 3.05) is 0 Å². The predicted molar refractivity (Wildman–Crippen MR) is 238 cm³/mol. The molecule has 8 bridgehead atoms. The zero-order valence-electron chi connectivity index (χ0n) is 35.3. The van der Waals surface area contributed by atoms with Gasteiger partial charge in [-0.3, -0.25) is 9.59 Å². The van der Waals surface area contributed by atoms with Crippen LogP contribution in [0.25, 0.3) is 18.4 Å². The van der Waals surface area contributed by atoms with Crippen LogP contribution in [0.4, 0.5) is 0 Å². The van der Waals surface area contributed by atoms with Gasteiger partial charge in [0.1, 0.15) is 0 Å². The molecule has 0 unspecified atom stereocenters. The van der Waals surface area contributed by atoms with Crippen molar-refractivity contribution in [2.24, 2.45) is 15.0 Å². The Morgan fingerprint density at radius 1 is 0.746 bits per heavy atom. The summed E-state index contributed by atoms with van der Waals surface area (Å²) in [5.74, 6) is 0.842. The summed E-state index contributed by atoms with van der Waals surface area (Å²) in [4.78, 5) is 41.7. The second kappa shape index (κ2) is 19.6. The Bertz CT molecular complexity index is 2490. The Morgan fingerprint density at radius 3 is 1.97 bits per heavy atom. The number of nitrogens with one attached hydrogen (secondary N) is 1. The van der Waals surface area contributed by atoms with Crippen LogP contribution in [0.5, 0.6) is 0 Å². The number of fused-ring (bicyclic) bond motifs is 5. The van der Waals surface area contributed by atoms with E-state index in [9.17, 15) is 30.0 Å². The normalized spacial score (nSPS) is 17.6. The van der Waals surface area contributed by atoms with Gasteiger partial charge in [-0.25, -0.2) is 15.0 Å². The van der Waals surface area contributed by atoms with E-state index in [4.69, 9.17) is 21.4 Å². The Labute approximate surface area is 347 Å². The molecule has 1 atom stereocenters. The molecule has 0 amide bonds. The first-order chi connectivity index (χ1) is 28.1. The van der Waals surface area contributed by atoms with E-state index in [2.05, 4.69) is 56.8 Å². The molecule has 0 radical (unpaired) electrons. The maximum atomic E-state index is 11.9. The number of carbonyl (C=O) groups is 2. The SMILES string of the molecule is C#CC1=C(C)C2=NC1=CC1=NC(=Cc3[nH]c(c(=CO)c3CCC(=O)O)=CC3=NC(=C2)C([C@@H](O)CC/C=C(/C)CC/C=C(\C)CCC=C(C)C)=C3C)C(CCC(=O)O)=C1C. The van der Waals surface area contributed by atoms with Gasteiger partial charge in [-0.1, -0.05) is 40.9 Å². The first kappa shape index (κ1) is 44.1. The highest BCUT2D eigenvalue weighted by molar-refractivity contribution is 6.24. The van der Waals surface area contributed by atoms with Crippen molar-refractivity contribution in [3.63, 3.8) is 0 Å². The van der Waals surface area contributed by atoms with Crippen LogP contribution in [0.3, 0.4) is 0 Å². The fourth-order valence-electron chi connectivity index (χ4n) is 7.71. The van der Waals surface area contributed by atoms with Gasteiger partial charge in [-0.15, -0.1) is 6.42 Å². The minimum atomic E-state index is -0.998. The summed E-state index contributed by atoms with van der Waals surface area (Å²) in [5, 5.41) is 42.6. The molecule has 59 heavy (non-hydrogen) atoms. The highest BCUT2D eigenvalue weighted by atomic mass is 16.4. The molecule has 0 fully saturated rings. The van der Waals surface area contributed by atoms with Crippen LogP contribution in [-0.4, -0.2) is 60.6 Å². The molecule has 1 aromatic heterocycles. The van der Waals surface area contributed by atoms with Gasteiger partial charge in [-0.05, 0) is 152 Å². The Morgan fingerprint density at radius 2 is 1.32 bits per heavy atom. The third-order valence-electron chi connectivity index (χ3n) is 11.1. The maximum absolute atomic E-state index is 11.9. The van der Waals surface area contributed by atoms with Crippen LogP contribution in [0, 0.1) is 12.3 Å². The lowest BCUT2D eigenvalue weighted by molar-refractivity contribution is -0.138. The van der Waals surface area contributed by atoms with E-state index in [1.165, 1.54) is 16.7 Å². The molecule has 4 aliphatic rings. The smallest absolute Gasteiger partial charge is 0.303 e. The van der Waals surface area contributed by atoms with Crippen molar-refractivity contribution < 1.29 is 30.0 Å². The van der Waals surface area contributed by atoms with Gasteiger partial charge in [0.25, 0.3) is 0 Å². The van der Waals surface area contributed by atoms with E-state index in [-0.39, 0.29) is 25.7 Å². The van der Waals surface area contributed by atoms with Crippen molar-refractivity contribution in [3.8, 4) is 12.3 Å². The number of aromatic amines is 1. The fourth-order valence-corrected chi connectivity index (χ4v) is 7.71. The minimum Gasteiger partial charge on any atom is -0.515 e. The van der Waals surface area contributed by atoms with E-state index >= 15 is 0 Å². The van der Waals surface area contributed by atoms with E-state index in [0.717, 1.165) is 54.2 Å². The van der Waals surface area contributed by atoms with Crippen molar-refractivity contribution in [3.05, 3.63) is 119 Å². The van der Waals surface area contributed by atoms with Gasteiger partial charge < -0.3 is 25.4 Å². The first-order valence-electron chi connectivity index (χ1n) is 20.3. The lowest BCUT2D eigenvalue weighted by Crippen LogP contribution is -2.27. The fraction of sp³-hybridized carbons (Fsp3) is 0.367. The third-order valence-corrected chi connectivity index (χ3v) is 11.1. The molecule has 0 aromatic carbocycles. The minimum absolute atomic E-state index is 0.0985. The molecular formula is C49H56N4O6. The molecule has 0 saturated carbocycles. The molecule has 4 aliphatic heterocycles. The average molecular weight is 797 g/mol. The van der Waals surface area contributed by atoms with Gasteiger partial charge in [0.05, 0.1) is 57.5 Å². The van der Waals surface area contributed by atoms with Crippen molar-refractivity contribution in [1.29, 1.82) is 0 Å². The number of rotatable bonds is 16. The quantitative estimate of drug-likeness (QED) is 0.0830. The number of nitrogens with zero attached hydrogens (tertiary/aromatic N) is 3. The second-order valence-corrected chi connectivity index (χ2v) is 15.8. The van der Waals surface area contributed by atoms with Gasteiger partial charge in [0.15, 0.2) is 0 Å². The molecule has 0 saturated heterocycles. The van der Waals surface area contributed by atoms with Gasteiger partial charge in [0.2, 0.25) is 0 Å². The second-order valence-electron chi connectivity index (χ2n) is 15.8. The summed E-state index contributed by atoms with van der Waals surface area (Å²) in [6.07, 6.45) is 25.3. The number of terminal acetylenes is 1. The summed E-state index contributed by atoms with van der Waals surface area (Å²) in [5.41, 5.74) is 12.6. The van der Waals surface area contributed by atoms with E-state index < -0.39 is 18.0 Å². The Kier molecular flexibility index (Phi) is 14.6. The molecular weight excluding hydrogens is 741 g/mol. The van der Waals surface area contributed by atoms with Crippen LogP contribution < -0.4 is 10.6 Å². The summed E-state index contributed by atoms with van der Waals surface area (Å²) >= 11 is 0. The highest BCUT2D eigenvalue weighted by Crippen LogP contribution is 2.36. The number of aliphatic imine (C=N–C) groups is 3. The number of carboxylic acids is 2. The maximum Gasteiger partial charge on any atom is 0.303 e.